The maximum Gasteiger partial charge on any atom is 0.178 e. The van der Waals surface area contributed by atoms with Crippen LogP contribution in [0, 0.1) is 17.5 Å². The second-order valence-corrected chi connectivity index (χ2v) is 4.87. The van der Waals surface area contributed by atoms with Crippen molar-refractivity contribution in [3.8, 4) is 0 Å². The quantitative estimate of drug-likeness (QED) is 0.724. The van der Waals surface area contributed by atoms with Gasteiger partial charge >= 0.3 is 0 Å². The van der Waals surface area contributed by atoms with Crippen LogP contribution in [0.25, 0.3) is 11.0 Å². The van der Waals surface area contributed by atoms with E-state index in [9.17, 15) is 4.39 Å². The van der Waals surface area contributed by atoms with Gasteiger partial charge in [0, 0.05) is 11.9 Å². The van der Waals surface area contributed by atoms with Crippen LogP contribution >= 0.6 is 12.2 Å². The van der Waals surface area contributed by atoms with Crippen molar-refractivity contribution in [2.75, 3.05) is 0 Å². The predicted molar refractivity (Wildman–Crippen MR) is 75.2 cm³/mol. The van der Waals surface area contributed by atoms with E-state index in [4.69, 9.17) is 12.2 Å². The van der Waals surface area contributed by atoms with Crippen molar-refractivity contribution in [3.05, 3.63) is 58.4 Å². The summed E-state index contributed by atoms with van der Waals surface area (Å²) in [6.45, 7) is 2.52. The van der Waals surface area contributed by atoms with Crippen molar-refractivity contribution >= 4 is 23.3 Å². The molecule has 0 saturated carbocycles. The van der Waals surface area contributed by atoms with Crippen LogP contribution in [0.4, 0.5) is 4.39 Å². The lowest BCUT2D eigenvalue weighted by Gasteiger charge is -2.05. The molecule has 0 fully saturated rings. The number of aromatic nitrogens is 3. The third-order valence-electron chi connectivity index (χ3n) is 3.05. The summed E-state index contributed by atoms with van der Waals surface area (Å²) in [6.07, 6.45) is 1.81. The lowest BCUT2D eigenvalue weighted by Crippen LogP contribution is -2.00. The molecule has 0 spiro atoms. The molecule has 0 amide bonds. The molecule has 0 aliphatic heterocycles. The van der Waals surface area contributed by atoms with E-state index in [1.54, 1.807) is 6.07 Å². The summed E-state index contributed by atoms with van der Waals surface area (Å²) in [5.41, 5.74) is 3.61. The van der Waals surface area contributed by atoms with Crippen molar-refractivity contribution in [1.29, 1.82) is 0 Å². The first-order valence-corrected chi connectivity index (χ1v) is 6.34. The van der Waals surface area contributed by atoms with E-state index in [2.05, 4.69) is 9.97 Å². The zero-order valence-corrected chi connectivity index (χ0v) is 11.2. The molecule has 0 aliphatic carbocycles. The standard InChI is InChI=1S/C14H12FN3S/c1-9-2-3-10(7-16-9)8-18-13-6-11(15)4-5-12(13)17-14(18)19/h2-7H,8H2,1H3,(H,17,19). The summed E-state index contributed by atoms with van der Waals surface area (Å²) in [4.78, 5) is 7.33. The van der Waals surface area contributed by atoms with Crippen LogP contribution < -0.4 is 0 Å². The molecule has 96 valence electrons. The number of hydrogen-bond donors (Lipinski definition) is 1. The van der Waals surface area contributed by atoms with Gasteiger partial charge in [-0.2, -0.15) is 0 Å². The molecule has 0 radical (unpaired) electrons. The highest BCUT2D eigenvalue weighted by atomic mass is 32.1. The number of halogens is 1. The molecule has 1 aromatic carbocycles. The first-order chi connectivity index (χ1) is 9.13. The lowest BCUT2D eigenvalue weighted by molar-refractivity contribution is 0.628. The molecule has 0 atom stereocenters. The van der Waals surface area contributed by atoms with Crippen LogP contribution in [0.2, 0.25) is 0 Å². The molecule has 3 nitrogen and oxygen atoms in total. The van der Waals surface area contributed by atoms with Crippen molar-refractivity contribution in [1.82, 2.24) is 14.5 Å². The number of fused-ring (bicyclic) bond motifs is 1. The van der Waals surface area contributed by atoms with Crippen LogP contribution in [-0.4, -0.2) is 14.5 Å². The average molecular weight is 273 g/mol. The fourth-order valence-electron chi connectivity index (χ4n) is 2.06. The normalized spacial score (nSPS) is 11.1. The van der Waals surface area contributed by atoms with Crippen LogP contribution in [0.3, 0.4) is 0 Å². The number of aromatic amines is 1. The fraction of sp³-hybridized carbons (Fsp3) is 0.143. The molecule has 2 aromatic heterocycles. The van der Waals surface area contributed by atoms with E-state index in [0.29, 0.717) is 11.3 Å². The molecular weight excluding hydrogens is 261 g/mol. The highest BCUT2D eigenvalue weighted by molar-refractivity contribution is 7.71. The van der Waals surface area contributed by atoms with Crippen LogP contribution in [0.1, 0.15) is 11.3 Å². The highest BCUT2D eigenvalue weighted by Crippen LogP contribution is 2.17. The minimum Gasteiger partial charge on any atom is -0.331 e. The van der Waals surface area contributed by atoms with Gasteiger partial charge in [-0.1, -0.05) is 6.07 Å². The Labute approximate surface area is 114 Å². The molecule has 3 rings (SSSR count). The Morgan fingerprint density at radius 2 is 2.16 bits per heavy atom. The van der Waals surface area contributed by atoms with E-state index in [1.165, 1.54) is 12.1 Å². The van der Waals surface area contributed by atoms with Gasteiger partial charge in [0.05, 0.1) is 17.6 Å². The summed E-state index contributed by atoms with van der Waals surface area (Å²) in [6, 6.07) is 8.57. The van der Waals surface area contributed by atoms with E-state index in [-0.39, 0.29) is 5.82 Å². The molecule has 0 aliphatic rings. The van der Waals surface area contributed by atoms with Crippen molar-refractivity contribution in [2.24, 2.45) is 0 Å². The Bertz CT molecular complexity index is 787. The van der Waals surface area contributed by atoms with Gasteiger partial charge < -0.3 is 9.55 Å². The summed E-state index contributed by atoms with van der Waals surface area (Å²) in [7, 11) is 0. The number of nitrogens with one attached hydrogen (secondary N) is 1. The smallest absolute Gasteiger partial charge is 0.178 e. The Kier molecular flexibility index (Phi) is 2.91. The van der Waals surface area contributed by atoms with Crippen LogP contribution in [-0.2, 0) is 6.54 Å². The Hall–Kier alpha value is -2.01. The van der Waals surface area contributed by atoms with Crippen LogP contribution in [0.15, 0.2) is 36.5 Å². The number of benzene rings is 1. The van der Waals surface area contributed by atoms with Gasteiger partial charge in [-0.25, -0.2) is 4.39 Å². The first-order valence-electron chi connectivity index (χ1n) is 5.93. The summed E-state index contributed by atoms with van der Waals surface area (Å²) >= 11 is 5.29. The van der Waals surface area contributed by atoms with E-state index in [0.717, 1.165) is 22.3 Å². The largest absolute Gasteiger partial charge is 0.331 e. The average Bonchev–Trinajstić information content (AvgIpc) is 2.69. The zero-order chi connectivity index (χ0) is 13.4. The maximum atomic E-state index is 13.3. The monoisotopic (exact) mass is 273 g/mol. The van der Waals surface area contributed by atoms with E-state index in [1.807, 2.05) is 29.8 Å². The number of pyridine rings is 1. The first kappa shape index (κ1) is 12.0. The fourth-order valence-corrected chi connectivity index (χ4v) is 2.33. The minimum absolute atomic E-state index is 0.266. The van der Waals surface area contributed by atoms with E-state index >= 15 is 0 Å². The second kappa shape index (κ2) is 4.59. The second-order valence-electron chi connectivity index (χ2n) is 4.49. The van der Waals surface area contributed by atoms with Crippen molar-refractivity contribution < 1.29 is 4.39 Å². The Morgan fingerprint density at radius 3 is 2.89 bits per heavy atom. The van der Waals surface area contributed by atoms with Crippen molar-refractivity contribution in [3.63, 3.8) is 0 Å². The summed E-state index contributed by atoms with van der Waals surface area (Å²) in [5.74, 6) is -0.266. The molecule has 0 saturated heterocycles. The summed E-state index contributed by atoms with van der Waals surface area (Å²) < 4.78 is 15.8. The Morgan fingerprint density at radius 1 is 1.32 bits per heavy atom. The minimum atomic E-state index is -0.266. The van der Waals surface area contributed by atoms with Gasteiger partial charge in [0.15, 0.2) is 4.77 Å². The SMILES string of the molecule is Cc1ccc(Cn2c(=S)[nH]c3ccc(F)cc32)cn1. The number of hydrogen-bond acceptors (Lipinski definition) is 2. The maximum absolute atomic E-state index is 13.3. The molecular formula is C14H12FN3S. The van der Waals surface area contributed by atoms with Crippen LogP contribution in [0.5, 0.6) is 0 Å². The van der Waals surface area contributed by atoms with Gasteiger partial charge in [0.1, 0.15) is 5.82 Å². The van der Waals surface area contributed by atoms with Gasteiger partial charge in [0.25, 0.3) is 0 Å². The lowest BCUT2D eigenvalue weighted by atomic mass is 10.2. The number of imidazole rings is 1. The predicted octanol–water partition coefficient (Wildman–Crippen LogP) is 3.59. The topological polar surface area (TPSA) is 33.6 Å². The molecule has 1 N–H and O–H groups in total. The third-order valence-corrected chi connectivity index (χ3v) is 3.37. The molecule has 3 aromatic rings. The molecule has 19 heavy (non-hydrogen) atoms. The third kappa shape index (κ3) is 2.29. The number of rotatable bonds is 2. The number of H-pyrrole nitrogens is 1. The summed E-state index contributed by atoms with van der Waals surface area (Å²) in [5, 5.41) is 0. The number of aryl methyl sites for hydroxylation is 1. The van der Waals surface area contributed by atoms with E-state index < -0.39 is 0 Å². The number of nitrogens with zero attached hydrogens (tertiary/aromatic N) is 2. The van der Waals surface area contributed by atoms with Gasteiger partial charge in [-0.3, -0.25) is 4.98 Å². The highest BCUT2D eigenvalue weighted by Gasteiger charge is 2.06. The van der Waals surface area contributed by atoms with Gasteiger partial charge in [-0.15, -0.1) is 0 Å². The zero-order valence-electron chi connectivity index (χ0n) is 10.4. The van der Waals surface area contributed by atoms with Gasteiger partial charge in [0.2, 0.25) is 0 Å². The molecule has 0 bridgehead atoms. The van der Waals surface area contributed by atoms with Crippen molar-refractivity contribution in [2.45, 2.75) is 13.5 Å². The molecule has 0 unspecified atom stereocenters. The molecule has 2 heterocycles. The molecule has 5 heteroatoms. The van der Waals surface area contributed by atoms with Gasteiger partial charge in [-0.05, 0) is 49.0 Å². The Balaban J connectivity index is 2.09.